The number of carbonyl (C=O) groups is 1. The van der Waals surface area contributed by atoms with Crippen LogP contribution < -0.4 is 5.32 Å². The first kappa shape index (κ1) is 15.4. The number of halogens is 2. The summed E-state index contributed by atoms with van der Waals surface area (Å²) in [7, 11) is 0. The van der Waals surface area contributed by atoms with Gasteiger partial charge in [0.2, 0.25) is 0 Å². The lowest BCUT2D eigenvalue weighted by Crippen LogP contribution is -2.33. The molecule has 0 saturated heterocycles. The number of ether oxygens (including phenoxy) is 1. The number of carboxylic acids is 1. The van der Waals surface area contributed by atoms with Gasteiger partial charge in [-0.2, -0.15) is 0 Å². The SMILES string of the molecule is CCOC(C)(C)CNc1c(F)cc(C(=O)O)cc1F. The fourth-order valence-corrected chi connectivity index (χ4v) is 1.61. The number of hydrogen-bond acceptors (Lipinski definition) is 3. The number of aromatic carboxylic acids is 1. The molecule has 0 heterocycles. The lowest BCUT2D eigenvalue weighted by molar-refractivity contribution is 0.000614. The predicted molar refractivity (Wildman–Crippen MR) is 67.5 cm³/mol. The van der Waals surface area contributed by atoms with E-state index >= 15 is 0 Å². The first-order chi connectivity index (χ1) is 8.76. The van der Waals surface area contributed by atoms with E-state index in [1.54, 1.807) is 13.8 Å². The maximum Gasteiger partial charge on any atom is 0.335 e. The lowest BCUT2D eigenvalue weighted by Gasteiger charge is -2.25. The van der Waals surface area contributed by atoms with Crippen molar-refractivity contribution in [2.75, 3.05) is 18.5 Å². The zero-order chi connectivity index (χ0) is 14.6. The molecule has 4 nitrogen and oxygen atoms in total. The number of carboxylic acid groups (broad SMARTS) is 1. The van der Waals surface area contributed by atoms with Gasteiger partial charge in [-0.1, -0.05) is 0 Å². The van der Waals surface area contributed by atoms with E-state index in [9.17, 15) is 13.6 Å². The smallest absolute Gasteiger partial charge is 0.335 e. The van der Waals surface area contributed by atoms with Crippen molar-refractivity contribution in [2.24, 2.45) is 0 Å². The molecule has 1 rings (SSSR count). The highest BCUT2D eigenvalue weighted by Gasteiger charge is 2.20. The molecule has 6 heteroatoms. The highest BCUT2D eigenvalue weighted by Crippen LogP contribution is 2.22. The standard InChI is InChI=1S/C13H17F2NO3/c1-4-19-13(2,3)7-16-11-9(14)5-8(12(17)18)6-10(11)15/h5-6,16H,4,7H2,1-3H3,(H,17,18). The molecule has 0 aromatic heterocycles. The van der Waals surface area contributed by atoms with Crippen LogP contribution in [0.15, 0.2) is 12.1 Å². The van der Waals surface area contributed by atoms with Crippen LogP contribution >= 0.6 is 0 Å². The van der Waals surface area contributed by atoms with Crippen LogP contribution in [0.5, 0.6) is 0 Å². The van der Waals surface area contributed by atoms with Crippen molar-refractivity contribution in [1.29, 1.82) is 0 Å². The molecule has 0 atom stereocenters. The summed E-state index contributed by atoms with van der Waals surface area (Å²) in [6, 6.07) is 1.56. The van der Waals surface area contributed by atoms with Gasteiger partial charge in [0.15, 0.2) is 0 Å². The minimum absolute atomic E-state index is 0.196. The molecular weight excluding hydrogens is 256 g/mol. The maximum atomic E-state index is 13.6. The quantitative estimate of drug-likeness (QED) is 0.836. The normalized spacial score (nSPS) is 11.4. The predicted octanol–water partition coefficient (Wildman–Crippen LogP) is 2.89. The highest BCUT2D eigenvalue weighted by molar-refractivity contribution is 5.88. The van der Waals surface area contributed by atoms with E-state index in [1.807, 2.05) is 6.92 Å². The van der Waals surface area contributed by atoms with Gasteiger partial charge >= 0.3 is 5.97 Å². The molecule has 0 radical (unpaired) electrons. The summed E-state index contributed by atoms with van der Waals surface area (Å²) in [6.45, 7) is 6.07. The monoisotopic (exact) mass is 273 g/mol. The Morgan fingerprint density at radius 3 is 2.32 bits per heavy atom. The molecular formula is C13H17F2NO3. The number of rotatable bonds is 6. The summed E-state index contributed by atoms with van der Waals surface area (Å²) in [5, 5.41) is 11.3. The fraction of sp³-hybridized carbons (Fsp3) is 0.462. The van der Waals surface area contributed by atoms with E-state index in [-0.39, 0.29) is 12.2 Å². The van der Waals surface area contributed by atoms with Crippen molar-refractivity contribution in [1.82, 2.24) is 0 Å². The minimum atomic E-state index is -1.38. The van der Waals surface area contributed by atoms with Gasteiger partial charge in [0.25, 0.3) is 0 Å². The van der Waals surface area contributed by atoms with Crippen LogP contribution in [0, 0.1) is 11.6 Å². The van der Waals surface area contributed by atoms with E-state index in [1.165, 1.54) is 0 Å². The van der Waals surface area contributed by atoms with Gasteiger partial charge < -0.3 is 15.2 Å². The largest absolute Gasteiger partial charge is 0.478 e. The molecule has 0 aliphatic heterocycles. The average molecular weight is 273 g/mol. The molecule has 0 aliphatic rings. The Hall–Kier alpha value is -1.69. The Kier molecular flexibility index (Phi) is 4.83. The third-order valence-corrected chi connectivity index (χ3v) is 2.52. The van der Waals surface area contributed by atoms with Crippen LogP contribution in [0.25, 0.3) is 0 Å². The molecule has 0 amide bonds. The van der Waals surface area contributed by atoms with Gasteiger partial charge in [0, 0.05) is 13.2 Å². The van der Waals surface area contributed by atoms with Gasteiger partial charge in [-0.25, -0.2) is 13.6 Å². The Morgan fingerprint density at radius 1 is 1.37 bits per heavy atom. The molecule has 0 bridgehead atoms. The lowest BCUT2D eigenvalue weighted by atomic mass is 10.1. The van der Waals surface area contributed by atoms with Crippen LogP contribution in [0.4, 0.5) is 14.5 Å². The van der Waals surface area contributed by atoms with Crippen molar-refractivity contribution in [3.05, 3.63) is 29.3 Å². The van der Waals surface area contributed by atoms with Crippen LogP contribution in [0.3, 0.4) is 0 Å². The van der Waals surface area contributed by atoms with E-state index in [0.717, 1.165) is 12.1 Å². The third-order valence-electron chi connectivity index (χ3n) is 2.52. The highest BCUT2D eigenvalue weighted by atomic mass is 19.1. The van der Waals surface area contributed by atoms with Crippen LogP contribution in [-0.2, 0) is 4.74 Å². The van der Waals surface area contributed by atoms with Gasteiger partial charge in [-0.15, -0.1) is 0 Å². The average Bonchev–Trinajstić information content (AvgIpc) is 2.27. The van der Waals surface area contributed by atoms with E-state index in [4.69, 9.17) is 9.84 Å². The van der Waals surface area contributed by atoms with E-state index < -0.39 is 28.8 Å². The third kappa shape index (κ3) is 4.17. The molecule has 19 heavy (non-hydrogen) atoms. The molecule has 0 aliphatic carbocycles. The molecule has 0 spiro atoms. The minimum Gasteiger partial charge on any atom is -0.478 e. The molecule has 106 valence electrons. The van der Waals surface area contributed by atoms with Crippen LogP contribution in [0.2, 0.25) is 0 Å². The molecule has 1 aromatic carbocycles. The summed E-state index contributed by atoms with van der Waals surface area (Å²) in [4.78, 5) is 10.6. The van der Waals surface area contributed by atoms with Crippen LogP contribution in [-0.4, -0.2) is 29.8 Å². The molecule has 2 N–H and O–H groups in total. The van der Waals surface area contributed by atoms with Crippen molar-refractivity contribution in [2.45, 2.75) is 26.4 Å². The molecule has 0 unspecified atom stereocenters. The number of benzene rings is 1. The molecule has 0 fully saturated rings. The summed E-state index contributed by atoms with van der Waals surface area (Å²) in [6.07, 6.45) is 0. The molecule has 0 saturated carbocycles. The molecule has 1 aromatic rings. The topological polar surface area (TPSA) is 58.6 Å². The second-order valence-corrected chi connectivity index (χ2v) is 4.67. The second-order valence-electron chi connectivity index (χ2n) is 4.67. The summed E-state index contributed by atoms with van der Waals surface area (Å²) in [5.74, 6) is -3.26. The number of hydrogen-bond donors (Lipinski definition) is 2. The van der Waals surface area contributed by atoms with E-state index in [0.29, 0.717) is 6.61 Å². The van der Waals surface area contributed by atoms with Crippen molar-refractivity contribution >= 4 is 11.7 Å². The van der Waals surface area contributed by atoms with Crippen molar-refractivity contribution in [3.8, 4) is 0 Å². The zero-order valence-corrected chi connectivity index (χ0v) is 11.1. The Labute approximate surface area is 110 Å². The van der Waals surface area contributed by atoms with Crippen LogP contribution in [0.1, 0.15) is 31.1 Å². The maximum absolute atomic E-state index is 13.6. The van der Waals surface area contributed by atoms with Gasteiger partial charge in [-0.05, 0) is 32.9 Å². The first-order valence-electron chi connectivity index (χ1n) is 5.87. The Morgan fingerprint density at radius 2 is 1.89 bits per heavy atom. The van der Waals surface area contributed by atoms with Gasteiger partial charge in [0.05, 0.1) is 11.2 Å². The zero-order valence-electron chi connectivity index (χ0n) is 11.1. The number of anilines is 1. The number of nitrogens with one attached hydrogen (secondary N) is 1. The van der Waals surface area contributed by atoms with Gasteiger partial charge in [-0.3, -0.25) is 0 Å². The summed E-state index contributed by atoms with van der Waals surface area (Å²) in [5.41, 5.74) is -1.36. The summed E-state index contributed by atoms with van der Waals surface area (Å²) >= 11 is 0. The van der Waals surface area contributed by atoms with Crippen molar-refractivity contribution in [3.63, 3.8) is 0 Å². The Bertz CT molecular complexity index is 452. The second kappa shape index (κ2) is 5.97. The van der Waals surface area contributed by atoms with Crippen molar-refractivity contribution < 1.29 is 23.4 Å². The Balaban J connectivity index is 2.88. The van der Waals surface area contributed by atoms with E-state index in [2.05, 4.69) is 5.32 Å². The fourth-order valence-electron chi connectivity index (χ4n) is 1.61. The first-order valence-corrected chi connectivity index (χ1v) is 5.87. The summed E-state index contributed by atoms with van der Waals surface area (Å²) < 4.78 is 32.6. The van der Waals surface area contributed by atoms with Gasteiger partial charge in [0.1, 0.15) is 17.3 Å².